The van der Waals surface area contributed by atoms with Gasteiger partial charge in [0.1, 0.15) is 11.9 Å². The predicted octanol–water partition coefficient (Wildman–Crippen LogP) is 4.29. The van der Waals surface area contributed by atoms with Crippen molar-refractivity contribution in [2.24, 2.45) is 0 Å². The van der Waals surface area contributed by atoms with Gasteiger partial charge in [-0.3, -0.25) is 0 Å². The molecule has 1 nitrogen and oxygen atoms in total. The van der Waals surface area contributed by atoms with E-state index in [4.69, 9.17) is 0 Å². The predicted molar refractivity (Wildman–Crippen MR) is 74.1 cm³/mol. The quantitative estimate of drug-likeness (QED) is 0.877. The maximum absolute atomic E-state index is 13.2. The molecule has 0 heterocycles. The Morgan fingerprint density at radius 2 is 1.61 bits per heavy atom. The molecule has 94 valence electrons. The van der Waals surface area contributed by atoms with Crippen LogP contribution in [0.2, 0.25) is 0 Å². The maximum Gasteiger partial charge on any atom is 0.126 e. The van der Waals surface area contributed by atoms with Crippen molar-refractivity contribution < 1.29 is 9.50 Å². The van der Waals surface area contributed by atoms with Crippen molar-refractivity contribution in [2.75, 3.05) is 0 Å². The first-order valence-electron chi connectivity index (χ1n) is 5.69. The van der Waals surface area contributed by atoms with Crippen LogP contribution >= 0.6 is 15.9 Å². The topological polar surface area (TPSA) is 20.2 Å². The third-order valence-electron chi connectivity index (χ3n) is 3.01. The molecule has 2 rings (SSSR count). The highest BCUT2D eigenvalue weighted by Gasteiger charge is 2.12. The standard InChI is InChI=1S/C15H14BrFO/c1-9-3-4-12(8-13(9)16)15(18)11-5-6-14(17)10(2)7-11/h3-8,15,18H,1-2H3. The molecule has 0 saturated carbocycles. The smallest absolute Gasteiger partial charge is 0.126 e. The molecule has 0 aliphatic heterocycles. The van der Waals surface area contributed by atoms with E-state index in [0.717, 1.165) is 15.6 Å². The van der Waals surface area contributed by atoms with Crippen molar-refractivity contribution in [2.45, 2.75) is 20.0 Å². The van der Waals surface area contributed by atoms with Crippen LogP contribution in [0.3, 0.4) is 0 Å². The molecule has 0 aliphatic rings. The number of aliphatic hydroxyl groups is 1. The Labute approximate surface area is 114 Å². The summed E-state index contributed by atoms with van der Waals surface area (Å²) in [6, 6.07) is 10.4. The average molecular weight is 309 g/mol. The lowest BCUT2D eigenvalue weighted by Gasteiger charge is -2.13. The summed E-state index contributed by atoms with van der Waals surface area (Å²) in [5.41, 5.74) is 3.14. The first-order chi connectivity index (χ1) is 8.49. The van der Waals surface area contributed by atoms with Gasteiger partial charge in [-0.1, -0.05) is 40.2 Å². The Hall–Kier alpha value is -1.19. The van der Waals surface area contributed by atoms with Crippen molar-refractivity contribution in [3.8, 4) is 0 Å². The van der Waals surface area contributed by atoms with E-state index in [1.54, 1.807) is 19.1 Å². The van der Waals surface area contributed by atoms with Crippen molar-refractivity contribution in [1.29, 1.82) is 0 Å². The molecule has 0 amide bonds. The summed E-state index contributed by atoms with van der Waals surface area (Å²) in [4.78, 5) is 0. The van der Waals surface area contributed by atoms with Crippen LogP contribution in [-0.2, 0) is 0 Å². The van der Waals surface area contributed by atoms with Crippen molar-refractivity contribution in [1.82, 2.24) is 0 Å². The Balaban J connectivity index is 2.37. The zero-order valence-electron chi connectivity index (χ0n) is 10.2. The molecule has 1 atom stereocenters. The SMILES string of the molecule is Cc1cc(C(O)c2ccc(C)c(Br)c2)ccc1F. The Kier molecular flexibility index (Phi) is 3.83. The molecule has 0 saturated heterocycles. The van der Waals surface area contributed by atoms with Gasteiger partial charge in [0.05, 0.1) is 0 Å². The van der Waals surface area contributed by atoms with Gasteiger partial charge in [-0.25, -0.2) is 4.39 Å². The van der Waals surface area contributed by atoms with Crippen LogP contribution in [0, 0.1) is 19.7 Å². The summed E-state index contributed by atoms with van der Waals surface area (Å²) >= 11 is 3.44. The Morgan fingerprint density at radius 3 is 2.22 bits per heavy atom. The van der Waals surface area contributed by atoms with Crippen LogP contribution in [0.5, 0.6) is 0 Å². The molecule has 18 heavy (non-hydrogen) atoms. The van der Waals surface area contributed by atoms with E-state index in [1.807, 2.05) is 25.1 Å². The van der Waals surface area contributed by atoms with E-state index in [2.05, 4.69) is 15.9 Å². The largest absolute Gasteiger partial charge is 0.384 e. The summed E-state index contributed by atoms with van der Waals surface area (Å²) < 4.78 is 14.1. The highest BCUT2D eigenvalue weighted by Crippen LogP contribution is 2.27. The number of rotatable bonds is 2. The zero-order chi connectivity index (χ0) is 13.3. The van der Waals surface area contributed by atoms with Crippen LogP contribution in [0.1, 0.15) is 28.4 Å². The van der Waals surface area contributed by atoms with E-state index in [0.29, 0.717) is 11.1 Å². The normalized spacial score (nSPS) is 12.5. The fourth-order valence-electron chi connectivity index (χ4n) is 1.81. The fourth-order valence-corrected chi connectivity index (χ4v) is 2.21. The number of hydrogen-bond donors (Lipinski definition) is 1. The molecule has 0 bridgehead atoms. The molecule has 0 spiro atoms. The molecular formula is C15H14BrFO. The first kappa shape index (κ1) is 13.2. The lowest BCUT2D eigenvalue weighted by atomic mass is 9.99. The van der Waals surface area contributed by atoms with Crippen LogP contribution in [-0.4, -0.2) is 5.11 Å². The second-order valence-corrected chi connectivity index (χ2v) is 5.27. The molecule has 2 aromatic carbocycles. The van der Waals surface area contributed by atoms with Crippen LogP contribution in [0.4, 0.5) is 4.39 Å². The van der Waals surface area contributed by atoms with Gasteiger partial charge in [0.2, 0.25) is 0 Å². The van der Waals surface area contributed by atoms with Crippen molar-refractivity contribution in [3.63, 3.8) is 0 Å². The Bertz CT molecular complexity index is 529. The molecular weight excluding hydrogens is 295 g/mol. The van der Waals surface area contributed by atoms with Gasteiger partial charge in [-0.05, 0) is 48.2 Å². The molecule has 1 N–H and O–H groups in total. The van der Waals surface area contributed by atoms with Crippen molar-refractivity contribution >= 4 is 15.9 Å². The molecule has 0 aliphatic carbocycles. The van der Waals surface area contributed by atoms with E-state index in [1.165, 1.54) is 6.07 Å². The molecule has 1 unspecified atom stereocenters. The maximum atomic E-state index is 13.2. The van der Waals surface area contributed by atoms with Crippen LogP contribution in [0.25, 0.3) is 0 Å². The molecule has 0 aromatic heterocycles. The number of aryl methyl sites for hydroxylation is 2. The highest BCUT2D eigenvalue weighted by molar-refractivity contribution is 9.10. The third kappa shape index (κ3) is 2.62. The molecule has 0 fully saturated rings. The van der Waals surface area contributed by atoms with E-state index < -0.39 is 6.10 Å². The minimum atomic E-state index is -0.735. The van der Waals surface area contributed by atoms with Gasteiger partial charge in [0.15, 0.2) is 0 Å². The summed E-state index contributed by atoms with van der Waals surface area (Å²) in [7, 11) is 0. The minimum Gasteiger partial charge on any atom is -0.384 e. The Morgan fingerprint density at radius 1 is 1.00 bits per heavy atom. The molecule has 2 aromatic rings. The van der Waals surface area contributed by atoms with Gasteiger partial charge >= 0.3 is 0 Å². The van der Waals surface area contributed by atoms with E-state index >= 15 is 0 Å². The lowest BCUT2D eigenvalue weighted by molar-refractivity contribution is 0.220. The minimum absolute atomic E-state index is 0.254. The summed E-state index contributed by atoms with van der Waals surface area (Å²) in [6.07, 6.45) is -0.735. The molecule has 3 heteroatoms. The molecule has 0 radical (unpaired) electrons. The monoisotopic (exact) mass is 308 g/mol. The van der Waals surface area contributed by atoms with Crippen LogP contribution in [0.15, 0.2) is 40.9 Å². The van der Waals surface area contributed by atoms with Crippen molar-refractivity contribution in [3.05, 3.63) is 68.9 Å². The average Bonchev–Trinajstić information content (AvgIpc) is 2.35. The number of aliphatic hydroxyl groups excluding tert-OH is 1. The summed E-state index contributed by atoms with van der Waals surface area (Å²) in [6.45, 7) is 3.68. The van der Waals surface area contributed by atoms with Gasteiger partial charge < -0.3 is 5.11 Å². The fraction of sp³-hybridized carbons (Fsp3) is 0.200. The number of benzene rings is 2. The highest BCUT2D eigenvalue weighted by atomic mass is 79.9. The summed E-state index contributed by atoms with van der Waals surface area (Å²) in [5, 5.41) is 10.3. The zero-order valence-corrected chi connectivity index (χ0v) is 11.8. The number of halogens is 2. The summed E-state index contributed by atoms with van der Waals surface area (Å²) in [5.74, 6) is -0.254. The van der Waals surface area contributed by atoms with E-state index in [-0.39, 0.29) is 5.82 Å². The van der Waals surface area contributed by atoms with E-state index in [9.17, 15) is 9.50 Å². The van der Waals surface area contributed by atoms with Gasteiger partial charge in [-0.2, -0.15) is 0 Å². The van der Waals surface area contributed by atoms with Gasteiger partial charge in [-0.15, -0.1) is 0 Å². The van der Waals surface area contributed by atoms with Crippen LogP contribution < -0.4 is 0 Å². The number of hydrogen-bond acceptors (Lipinski definition) is 1. The lowest BCUT2D eigenvalue weighted by Crippen LogP contribution is -2.01. The van der Waals surface area contributed by atoms with Gasteiger partial charge in [0.25, 0.3) is 0 Å². The second-order valence-electron chi connectivity index (χ2n) is 4.42. The first-order valence-corrected chi connectivity index (χ1v) is 6.48. The third-order valence-corrected chi connectivity index (χ3v) is 3.86. The second kappa shape index (κ2) is 5.21. The van der Waals surface area contributed by atoms with Gasteiger partial charge in [0, 0.05) is 4.47 Å².